The average Bonchev–Trinajstić information content (AvgIpc) is 3.60. The Morgan fingerprint density at radius 3 is 2.12 bits per heavy atom. The molecular weight excluding hydrogens is 533 g/mol. The number of hydrogen-bond donors (Lipinski definition) is 0. The van der Waals surface area contributed by atoms with E-state index in [1.54, 1.807) is 11.3 Å². The van der Waals surface area contributed by atoms with E-state index < -0.39 is 0 Å². The fraction of sp³-hybridized carbons (Fsp3) is 0. The Labute approximate surface area is 245 Å². The molecule has 42 heavy (non-hydrogen) atoms. The monoisotopic (exact) mass is 554 g/mol. The van der Waals surface area contributed by atoms with E-state index in [4.69, 9.17) is 9.97 Å². The highest BCUT2D eigenvalue weighted by molar-refractivity contribution is 7.25. The van der Waals surface area contributed by atoms with Crippen molar-refractivity contribution < 1.29 is 0 Å². The summed E-state index contributed by atoms with van der Waals surface area (Å²) in [7, 11) is 0. The van der Waals surface area contributed by atoms with Gasteiger partial charge in [0.1, 0.15) is 4.83 Å². The van der Waals surface area contributed by atoms with Crippen molar-refractivity contribution in [2.45, 2.75) is 0 Å². The van der Waals surface area contributed by atoms with Gasteiger partial charge in [-0.3, -0.25) is 4.57 Å². The first-order valence-electron chi connectivity index (χ1n) is 14.0. The van der Waals surface area contributed by atoms with Crippen LogP contribution in [0.3, 0.4) is 0 Å². The predicted molar refractivity (Wildman–Crippen MR) is 175 cm³/mol. The van der Waals surface area contributed by atoms with Crippen molar-refractivity contribution in [3.63, 3.8) is 0 Å². The normalized spacial score (nSPS) is 11.8. The Bertz CT molecular complexity index is 2460. The average molecular weight is 555 g/mol. The quantitative estimate of drug-likeness (QED) is 0.218. The Morgan fingerprint density at radius 2 is 1.24 bits per heavy atom. The Morgan fingerprint density at radius 1 is 0.524 bits per heavy atom. The van der Waals surface area contributed by atoms with Gasteiger partial charge in [0, 0.05) is 43.4 Å². The highest BCUT2D eigenvalue weighted by atomic mass is 32.1. The zero-order valence-electron chi connectivity index (χ0n) is 22.4. The lowest BCUT2D eigenvalue weighted by Crippen LogP contribution is -2.03. The van der Waals surface area contributed by atoms with Crippen LogP contribution in [0.1, 0.15) is 0 Å². The lowest BCUT2D eigenvalue weighted by Gasteiger charge is -2.12. The number of thiophene rings is 1. The van der Waals surface area contributed by atoms with Crippen molar-refractivity contribution in [1.82, 2.24) is 19.5 Å². The van der Waals surface area contributed by atoms with Crippen LogP contribution in [0, 0.1) is 0 Å². The molecule has 0 saturated heterocycles. The van der Waals surface area contributed by atoms with Gasteiger partial charge in [0.05, 0.1) is 22.2 Å². The number of benzene rings is 5. The molecule has 0 amide bonds. The molecule has 0 atom stereocenters. The van der Waals surface area contributed by atoms with Crippen molar-refractivity contribution in [1.29, 1.82) is 0 Å². The molecule has 0 aliphatic carbocycles. The van der Waals surface area contributed by atoms with E-state index in [0.29, 0.717) is 5.95 Å². The van der Waals surface area contributed by atoms with Crippen LogP contribution in [0.15, 0.2) is 134 Å². The third kappa shape index (κ3) is 3.44. The summed E-state index contributed by atoms with van der Waals surface area (Å²) in [6.45, 7) is 0. The summed E-state index contributed by atoms with van der Waals surface area (Å²) >= 11 is 1.73. The maximum atomic E-state index is 5.33. The topological polar surface area (TPSA) is 43.6 Å². The molecule has 0 bridgehead atoms. The lowest BCUT2D eigenvalue weighted by atomic mass is 10.0. The van der Waals surface area contributed by atoms with Crippen molar-refractivity contribution in [3.05, 3.63) is 134 Å². The maximum absolute atomic E-state index is 5.33. The largest absolute Gasteiger partial charge is 0.277 e. The van der Waals surface area contributed by atoms with Crippen molar-refractivity contribution in [2.75, 3.05) is 0 Å². The van der Waals surface area contributed by atoms with Gasteiger partial charge in [0.15, 0.2) is 0 Å². The van der Waals surface area contributed by atoms with E-state index >= 15 is 0 Å². The van der Waals surface area contributed by atoms with E-state index in [-0.39, 0.29) is 0 Å². The molecule has 5 aromatic carbocycles. The van der Waals surface area contributed by atoms with Gasteiger partial charge < -0.3 is 0 Å². The first-order chi connectivity index (χ1) is 20.8. The van der Waals surface area contributed by atoms with Gasteiger partial charge in [-0.05, 0) is 41.5 Å². The van der Waals surface area contributed by atoms with E-state index in [2.05, 4.69) is 119 Å². The number of para-hydroxylation sites is 2. The molecule has 196 valence electrons. The minimum atomic E-state index is 0.665. The smallest absolute Gasteiger partial charge is 0.235 e. The van der Waals surface area contributed by atoms with E-state index in [0.717, 1.165) is 43.4 Å². The highest BCUT2D eigenvalue weighted by Gasteiger charge is 2.21. The molecule has 0 aliphatic heterocycles. The number of pyridine rings is 1. The van der Waals surface area contributed by atoms with Crippen LogP contribution >= 0.6 is 11.3 Å². The second kappa shape index (κ2) is 9.06. The summed E-state index contributed by atoms with van der Waals surface area (Å²) in [5.74, 6) is 0.665. The van der Waals surface area contributed by atoms with Gasteiger partial charge in [-0.15, -0.1) is 11.3 Å². The molecular formula is C37H22N4S. The van der Waals surface area contributed by atoms with Gasteiger partial charge >= 0.3 is 0 Å². The summed E-state index contributed by atoms with van der Waals surface area (Å²) in [6, 6.07) is 44.6. The fourth-order valence-corrected chi connectivity index (χ4v) is 7.24. The van der Waals surface area contributed by atoms with Crippen molar-refractivity contribution in [3.8, 4) is 28.3 Å². The third-order valence-electron chi connectivity index (χ3n) is 8.10. The van der Waals surface area contributed by atoms with Crippen LogP contribution in [-0.2, 0) is 0 Å². The molecule has 5 heteroatoms. The van der Waals surface area contributed by atoms with Crippen molar-refractivity contribution in [2.24, 2.45) is 0 Å². The molecule has 0 spiro atoms. The van der Waals surface area contributed by atoms with Gasteiger partial charge in [-0.25, -0.2) is 15.0 Å². The number of hydrogen-bond acceptors (Lipinski definition) is 4. The second-order valence-electron chi connectivity index (χ2n) is 10.5. The van der Waals surface area contributed by atoms with Gasteiger partial charge in [0.2, 0.25) is 5.95 Å². The van der Waals surface area contributed by atoms with Crippen LogP contribution in [0.25, 0.3) is 81.3 Å². The first kappa shape index (κ1) is 23.3. The summed E-state index contributed by atoms with van der Waals surface area (Å²) in [5.41, 5.74) is 7.48. The minimum Gasteiger partial charge on any atom is -0.277 e. The number of fused-ring (bicyclic) bond motifs is 8. The molecule has 9 rings (SSSR count). The standard InChI is InChI=1S/C37H22N4S/c1-2-9-23(10-3-1)24-16-18-25(19-17-24)34-28-12-4-6-14-30(28)39-37(40-34)41-31-15-7-5-11-26(31)27-20-21-32-33(35(27)41)29-13-8-22-38-36(29)42-32/h1-22H. The third-order valence-corrected chi connectivity index (χ3v) is 9.18. The SMILES string of the molecule is c1ccc(-c2ccc(-c3nc(-n4c5ccccc5c5ccc6sc7ncccc7c6c54)nc4ccccc34)cc2)cc1. The van der Waals surface area contributed by atoms with E-state index in [1.165, 1.54) is 32.0 Å². The molecule has 0 unspecified atom stereocenters. The van der Waals surface area contributed by atoms with Crippen LogP contribution in [-0.4, -0.2) is 19.5 Å². The first-order valence-corrected chi connectivity index (χ1v) is 14.8. The van der Waals surface area contributed by atoms with Crippen LogP contribution in [0.5, 0.6) is 0 Å². The highest BCUT2D eigenvalue weighted by Crippen LogP contribution is 2.42. The summed E-state index contributed by atoms with van der Waals surface area (Å²) < 4.78 is 3.46. The molecule has 4 aromatic heterocycles. The molecule has 0 aliphatic rings. The molecule has 0 saturated carbocycles. The molecule has 0 fully saturated rings. The number of nitrogens with zero attached hydrogens (tertiary/aromatic N) is 4. The Kier molecular flexibility index (Phi) is 5.03. The fourth-order valence-electron chi connectivity index (χ4n) is 6.19. The van der Waals surface area contributed by atoms with Crippen LogP contribution in [0.4, 0.5) is 0 Å². The Balaban J connectivity index is 1.36. The van der Waals surface area contributed by atoms with E-state index in [9.17, 15) is 0 Å². The molecule has 9 aromatic rings. The van der Waals surface area contributed by atoms with Gasteiger partial charge in [0.25, 0.3) is 0 Å². The molecule has 4 heterocycles. The summed E-state index contributed by atoms with van der Waals surface area (Å²) in [5, 5.41) is 5.76. The summed E-state index contributed by atoms with van der Waals surface area (Å²) in [6.07, 6.45) is 1.87. The van der Waals surface area contributed by atoms with Gasteiger partial charge in [-0.2, -0.15) is 0 Å². The summed E-state index contributed by atoms with van der Waals surface area (Å²) in [4.78, 5) is 16.2. The van der Waals surface area contributed by atoms with E-state index in [1.807, 2.05) is 24.4 Å². The second-order valence-corrected chi connectivity index (χ2v) is 11.5. The molecule has 0 N–H and O–H groups in total. The van der Waals surface area contributed by atoms with Crippen LogP contribution < -0.4 is 0 Å². The Hall–Kier alpha value is -5.39. The molecule has 4 nitrogen and oxygen atoms in total. The maximum Gasteiger partial charge on any atom is 0.235 e. The number of rotatable bonds is 3. The zero-order valence-corrected chi connectivity index (χ0v) is 23.2. The zero-order chi connectivity index (χ0) is 27.6. The van der Waals surface area contributed by atoms with Crippen LogP contribution in [0.2, 0.25) is 0 Å². The lowest BCUT2D eigenvalue weighted by molar-refractivity contribution is 1.02. The van der Waals surface area contributed by atoms with Crippen molar-refractivity contribution >= 4 is 64.3 Å². The molecule has 0 radical (unpaired) electrons. The minimum absolute atomic E-state index is 0.665. The number of aromatic nitrogens is 4. The van der Waals surface area contributed by atoms with Gasteiger partial charge in [-0.1, -0.05) is 97.1 Å². The predicted octanol–water partition coefficient (Wildman–Crippen LogP) is 9.82.